The molecule has 0 radical (unpaired) electrons. The van der Waals surface area contributed by atoms with Crippen LogP contribution in [0, 0.1) is 0 Å². The molecule has 0 saturated heterocycles. The molecular formula is C20H18N4O3S. The summed E-state index contributed by atoms with van der Waals surface area (Å²) in [5.74, 6) is 0.848. The molecular weight excluding hydrogens is 376 g/mol. The summed E-state index contributed by atoms with van der Waals surface area (Å²) in [6, 6.07) is 5.77. The van der Waals surface area contributed by atoms with E-state index in [1.807, 2.05) is 6.07 Å². The van der Waals surface area contributed by atoms with Crippen molar-refractivity contribution < 1.29 is 13.6 Å². The van der Waals surface area contributed by atoms with Crippen molar-refractivity contribution in [3.8, 4) is 0 Å². The van der Waals surface area contributed by atoms with Gasteiger partial charge in [-0.1, -0.05) is 11.8 Å². The first-order valence-corrected chi connectivity index (χ1v) is 10.2. The Kier molecular flexibility index (Phi) is 4.48. The SMILES string of the molecule is O=C(CSc1ncnc2c1oc1nc3c(cc12)CCCC3)NCc1ccco1. The standard InChI is InChI=1S/C20H18N4O3S/c25-16(21-9-13-5-3-7-26-13)10-28-20-18-17(22-11-23-20)14-8-12-4-1-2-6-15(12)24-19(14)27-18/h3,5,7-8,11H,1-2,4,6,9-10H2,(H,21,25). The highest BCUT2D eigenvalue weighted by molar-refractivity contribution is 8.00. The second kappa shape index (κ2) is 7.27. The predicted molar refractivity (Wildman–Crippen MR) is 105 cm³/mol. The summed E-state index contributed by atoms with van der Waals surface area (Å²) in [5.41, 5.74) is 4.35. The third kappa shape index (κ3) is 3.24. The first kappa shape index (κ1) is 17.2. The van der Waals surface area contributed by atoms with E-state index in [9.17, 15) is 4.79 Å². The van der Waals surface area contributed by atoms with Gasteiger partial charge in [-0.3, -0.25) is 4.79 Å². The molecule has 8 heteroatoms. The molecule has 142 valence electrons. The van der Waals surface area contributed by atoms with Gasteiger partial charge >= 0.3 is 0 Å². The lowest BCUT2D eigenvalue weighted by atomic mass is 9.95. The van der Waals surface area contributed by atoms with Gasteiger partial charge in [0.2, 0.25) is 11.6 Å². The van der Waals surface area contributed by atoms with Crippen LogP contribution in [0.1, 0.15) is 29.9 Å². The average Bonchev–Trinajstić information content (AvgIpc) is 3.36. The molecule has 1 amide bonds. The number of aromatic nitrogens is 3. The fourth-order valence-corrected chi connectivity index (χ4v) is 4.25. The number of aryl methyl sites for hydroxylation is 2. The Labute approximate surface area is 164 Å². The largest absolute Gasteiger partial charge is 0.467 e. The molecule has 0 aliphatic heterocycles. The van der Waals surface area contributed by atoms with Gasteiger partial charge in [-0.15, -0.1) is 0 Å². The molecule has 7 nitrogen and oxygen atoms in total. The van der Waals surface area contributed by atoms with E-state index in [-0.39, 0.29) is 11.7 Å². The van der Waals surface area contributed by atoms with Gasteiger partial charge in [0, 0.05) is 5.69 Å². The first-order valence-electron chi connectivity index (χ1n) is 9.26. The summed E-state index contributed by atoms with van der Waals surface area (Å²) in [7, 11) is 0. The first-order chi connectivity index (χ1) is 13.8. The Balaban J connectivity index is 1.38. The van der Waals surface area contributed by atoms with E-state index >= 15 is 0 Å². The Bertz CT molecular complexity index is 1150. The summed E-state index contributed by atoms with van der Waals surface area (Å²) in [5, 5.41) is 4.39. The smallest absolute Gasteiger partial charge is 0.230 e. The van der Waals surface area contributed by atoms with Crippen LogP contribution in [0.2, 0.25) is 0 Å². The van der Waals surface area contributed by atoms with Crippen LogP contribution in [0.15, 0.2) is 44.6 Å². The number of hydrogen-bond donors (Lipinski definition) is 1. The second-order valence-electron chi connectivity index (χ2n) is 6.76. The number of fused-ring (bicyclic) bond motifs is 4. The van der Waals surface area contributed by atoms with Crippen LogP contribution in [0.5, 0.6) is 0 Å². The van der Waals surface area contributed by atoms with E-state index in [1.165, 1.54) is 36.5 Å². The van der Waals surface area contributed by atoms with Gasteiger partial charge in [0.15, 0.2) is 5.58 Å². The Morgan fingerprint density at radius 3 is 3.07 bits per heavy atom. The normalized spacial score (nSPS) is 13.7. The van der Waals surface area contributed by atoms with Gasteiger partial charge < -0.3 is 14.2 Å². The molecule has 0 saturated carbocycles. The summed E-state index contributed by atoms with van der Waals surface area (Å²) < 4.78 is 11.2. The summed E-state index contributed by atoms with van der Waals surface area (Å²) >= 11 is 1.33. The molecule has 1 aliphatic carbocycles. The highest BCUT2D eigenvalue weighted by Crippen LogP contribution is 2.34. The van der Waals surface area contributed by atoms with E-state index in [0.29, 0.717) is 22.9 Å². The van der Waals surface area contributed by atoms with Crippen molar-refractivity contribution in [1.29, 1.82) is 0 Å². The number of amides is 1. The van der Waals surface area contributed by atoms with E-state index in [0.717, 1.165) is 35.2 Å². The van der Waals surface area contributed by atoms with Gasteiger partial charge in [-0.05, 0) is 49.4 Å². The number of nitrogens with one attached hydrogen (secondary N) is 1. The van der Waals surface area contributed by atoms with Crippen molar-refractivity contribution in [2.75, 3.05) is 5.75 Å². The lowest BCUT2D eigenvalue weighted by molar-refractivity contribution is -0.118. The number of hydrogen-bond acceptors (Lipinski definition) is 7. The minimum atomic E-state index is -0.0992. The van der Waals surface area contributed by atoms with E-state index in [4.69, 9.17) is 13.8 Å². The monoisotopic (exact) mass is 394 g/mol. The number of nitrogens with zero attached hydrogens (tertiary/aromatic N) is 3. The zero-order valence-corrected chi connectivity index (χ0v) is 15.9. The molecule has 28 heavy (non-hydrogen) atoms. The van der Waals surface area contributed by atoms with Gasteiger partial charge in [0.25, 0.3) is 0 Å². The molecule has 0 unspecified atom stereocenters. The molecule has 0 spiro atoms. The minimum Gasteiger partial charge on any atom is -0.467 e. The maximum absolute atomic E-state index is 12.1. The van der Waals surface area contributed by atoms with Crippen LogP contribution >= 0.6 is 11.8 Å². The van der Waals surface area contributed by atoms with Crippen LogP contribution in [0.4, 0.5) is 0 Å². The van der Waals surface area contributed by atoms with Crippen molar-refractivity contribution in [3.05, 3.63) is 47.8 Å². The average molecular weight is 394 g/mol. The molecule has 4 heterocycles. The summed E-state index contributed by atoms with van der Waals surface area (Å²) in [6.45, 7) is 0.367. The number of rotatable bonds is 5. The molecule has 4 aromatic heterocycles. The number of thioether (sulfide) groups is 1. The van der Waals surface area contributed by atoms with Crippen molar-refractivity contribution in [1.82, 2.24) is 20.3 Å². The highest BCUT2D eigenvalue weighted by atomic mass is 32.2. The van der Waals surface area contributed by atoms with E-state index < -0.39 is 0 Å². The quantitative estimate of drug-likeness (QED) is 0.408. The van der Waals surface area contributed by atoms with Crippen molar-refractivity contribution in [2.24, 2.45) is 0 Å². The van der Waals surface area contributed by atoms with Crippen LogP contribution < -0.4 is 5.32 Å². The van der Waals surface area contributed by atoms with Crippen molar-refractivity contribution in [2.45, 2.75) is 37.3 Å². The minimum absolute atomic E-state index is 0.0992. The molecule has 1 aliphatic rings. The molecule has 4 aromatic rings. The molecule has 0 bridgehead atoms. The lowest BCUT2D eigenvalue weighted by Gasteiger charge is -2.13. The van der Waals surface area contributed by atoms with Gasteiger partial charge in [-0.2, -0.15) is 0 Å². The highest BCUT2D eigenvalue weighted by Gasteiger charge is 2.19. The predicted octanol–water partition coefficient (Wildman–Crippen LogP) is 3.65. The Hall–Kier alpha value is -2.87. The fraction of sp³-hybridized carbons (Fsp3) is 0.300. The van der Waals surface area contributed by atoms with Crippen LogP contribution in [0.25, 0.3) is 22.2 Å². The van der Waals surface area contributed by atoms with E-state index in [1.54, 1.807) is 12.3 Å². The van der Waals surface area contributed by atoms with Crippen LogP contribution in [0.3, 0.4) is 0 Å². The number of carbonyl (C=O) groups excluding carboxylic acids is 1. The Morgan fingerprint density at radius 1 is 1.25 bits per heavy atom. The third-order valence-electron chi connectivity index (χ3n) is 4.87. The van der Waals surface area contributed by atoms with E-state index in [2.05, 4.69) is 21.4 Å². The van der Waals surface area contributed by atoms with Gasteiger partial charge in [-0.25, -0.2) is 15.0 Å². The topological polar surface area (TPSA) is 94.0 Å². The fourth-order valence-electron chi connectivity index (χ4n) is 3.49. The van der Waals surface area contributed by atoms with Crippen molar-refractivity contribution >= 4 is 39.9 Å². The van der Waals surface area contributed by atoms with Gasteiger partial charge in [0.1, 0.15) is 22.6 Å². The maximum Gasteiger partial charge on any atom is 0.230 e. The Morgan fingerprint density at radius 2 is 2.18 bits per heavy atom. The second-order valence-corrected chi connectivity index (χ2v) is 7.72. The lowest BCUT2D eigenvalue weighted by Crippen LogP contribution is -2.24. The zero-order chi connectivity index (χ0) is 18.9. The van der Waals surface area contributed by atoms with Crippen LogP contribution in [-0.4, -0.2) is 26.6 Å². The molecule has 1 N–H and O–H groups in total. The van der Waals surface area contributed by atoms with Crippen molar-refractivity contribution in [3.63, 3.8) is 0 Å². The number of carbonyl (C=O) groups is 1. The molecule has 0 aromatic carbocycles. The number of pyridine rings is 1. The summed E-state index contributed by atoms with van der Waals surface area (Å²) in [6.07, 6.45) is 7.50. The zero-order valence-electron chi connectivity index (χ0n) is 15.1. The number of furan rings is 2. The molecule has 0 atom stereocenters. The maximum atomic E-state index is 12.1. The van der Waals surface area contributed by atoms with Crippen LogP contribution in [-0.2, 0) is 24.2 Å². The summed E-state index contributed by atoms with van der Waals surface area (Å²) in [4.78, 5) is 25.6. The third-order valence-corrected chi connectivity index (χ3v) is 5.84. The molecule has 0 fully saturated rings. The van der Waals surface area contributed by atoms with Gasteiger partial charge in [0.05, 0.1) is 23.9 Å². The molecule has 5 rings (SSSR count).